The molecule has 0 radical (unpaired) electrons. The van der Waals surface area contributed by atoms with Crippen molar-refractivity contribution < 1.29 is 13.9 Å². The third-order valence-corrected chi connectivity index (χ3v) is 2.50. The van der Waals surface area contributed by atoms with Crippen LogP contribution >= 0.6 is 0 Å². The number of benzene rings is 2. The van der Waals surface area contributed by atoms with Crippen molar-refractivity contribution in [2.24, 2.45) is 5.73 Å². The van der Waals surface area contributed by atoms with Crippen LogP contribution in [0.25, 0.3) is 0 Å². The van der Waals surface area contributed by atoms with Crippen LogP contribution in [0.5, 0.6) is 5.75 Å². The molecule has 1 amide bonds. The number of nitrogens with two attached hydrogens (primary N) is 1. The highest BCUT2D eigenvalue weighted by atomic mass is 19.1. The molecule has 2 N–H and O–H groups in total. The Morgan fingerprint density at radius 2 is 1.78 bits per heavy atom. The van der Waals surface area contributed by atoms with Crippen molar-refractivity contribution in [1.82, 2.24) is 0 Å². The maximum absolute atomic E-state index is 13.3. The lowest BCUT2D eigenvalue weighted by Gasteiger charge is -2.09. The van der Waals surface area contributed by atoms with Gasteiger partial charge in [0.15, 0.2) is 11.6 Å². The van der Waals surface area contributed by atoms with Crippen molar-refractivity contribution in [3.63, 3.8) is 0 Å². The second kappa shape index (κ2) is 5.31. The molecular formula is C14H12FNO2. The largest absolute Gasteiger partial charge is 0.486 e. The fourth-order valence-electron chi connectivity index (χ4n) is 1.60. The highest BCUT2D eigenvalue weighted by molar-refractivity contribution is 5.94. The number of carbonyl (C=O) groups excluding carboxylic acids is 1. The van der Waals surface area contributed by atoms with E-state index >= 15 is 0 Å². The summed E-state index contributed by atoms with van der Waals surface area (Å²) in [5, 5.41) is 0. The lowest BCUT2D eigenvalue weighted by atomic mass is 10.1. The van der Waals surface area contributed by atoms with E-state index in [1.807, 2.05) is 0 Å². The van der Waals surface area contributed by atoms with E-state index in [9.17, 15) is 9.18 Å². The molecule has 2 aromatic carbocycles. The molecule has 0 bridgehead atoms. The molecule has 3 nitrogen and oxygen atoms in total. The van der Waals surface area contributed by atoms with Crippen molar-refractivity contribution in [3.05, 3.63) is 65.5 Å². The number of ether oxygens (including phenoxy) is 1. The van der Waals surface area contributed by atoms with E-state index in [1.165, 1.54) is 12.1 Å². The van der Waals surface area contributed by atoms with Crippen LogP contribution < -0.4 is 10.5 Å². The molecule has 0 aliphatic carbocycles. The Labute approximate surface area is 104 Å². The van der Waals surface area contributed by atoms with Crippen LogP contribution in [0.3, 0.4) is 0 Å². The maximum Gasteiger partial charge on any atom is 0.249 e. The van der Waals surface area contributed by atoms with Gasteiger partial charge in [-0.25, -0.2) is 4.39 Å². The molecule has 0 unspecified atom stereocenters. The van der Waals surface area contributed by atoms with Crippen molar-refractivity contribution in [2.75, 3.05) is 0 Å². The van der Waals surface area contributed by atoms with Crippen LogP contribution in [0.4, 0.5) is 4.39 Å². The topological polar surface area (TPSA) is 52.3 Å². The molecule has 2 aromatic rings. The summed E-state index contributed by atoms with van der Waals surface area (Å²) in [4.78, 5) is 11.2. The van der Waals surface area contributed by atoms with Crippen molar-refractivity contribution in [2.45, 2.75) is 6.61 Å². The smallest absolute Gasteiger partial charge is 0.249 e. The van der Waals surface area contributed by atoms with Crippen LogP contribution in [0.1, 0.15) is 15.9 Å². The van der Waals surface area contributed by atoms with Gasteiger partial charge >= 0.3 is 0 Å². The quantitative estimate of drug-likeness (QED) is 0.899. The van der Waals surface area contributed by atoms with Crippen LogP contribution in [0.2, 0.25) is 0 Å². The average molecular weight is 245 g/mol. The fraction of sp³-hybridized carbons (Fsp3) is 0.0714. The Bertz CT molecular complexity index is 569. The molecule has 18 heavy (non-hydrogen) atoms. The predicted molar refractivity (Wildman–Crippen MR) is 65.7 cm³/mol. The molecule has 2 rings (SSSR count). The third kappa shape index (κ3) is 2.66. The van der Waals surface area contributed by atoms with Gasteiger partial charge in [-0.3, -0.25) is 4.79 Å². The first-order valence-corrected chi connectivity index (χ1v) is 5.43. The molecule has 4 heteroatoms. The number of amides is 1. The van der Waals surface area contributed by atoms with Gasteiger partial charge in [-0.05, 0) is 18.2 Å². The zero-order chi connectivity index (χ0) is 13.0. The highest BCUT2D eigenvalue weighted by Gasteiger charge is 2.08. The van der Waals surface area contributed by atoms with Gasteiger partial charge in [-0.1, -0.05) is 30.3 Å². The van der Waals surface area contributed by atoms with Crippen molar-refractivity contribution >= 4 is 5.91 Å². The van der Waals surface area contributed by atoms with E-state index in [2.05, 4.69) is 0 Å². The molecule has 0 aliphatic heterocycles. The van der Waals surface area contributed by atoms with Gasteiger partial charge in [-0.2, -0.15) is 0 Å². The molecule has 0 aliphatic rings. The lowest BCUT2D eigenvalue weighted by Crippen LogP contribution is -2.14. The number of halogens is 1. The van der Waals surface area contributed by atoms with E-state index in [-0.39, 0.29) is 12.4 Å². The van der Waals surface area contributed by atoms with Crippen LogP contribution in [-0.2, 0) is 6.61 Å². The zero-order valence-electron chi connectivity index (χ0n) is 9.60. The molecular weight excluding hydrogens is 233 g/mol. The van der Waals surface area contributed by atoms with Crippen molar-refractivity contribution in [1.29, 1.82) is 0 Å². The summed E-state index contributed by atoms with van der Waals surface area (Å²) in [6, 6.07) is 12.9. The molecule has 0 aromatic heterocycles. The van der Waals surface area contributed by atoms with Crippen LogP contribution in [0.15, 0.2) is 48.5 Å². The number of primary amides is 1. The molecule has 0 heterocycles. The number of hydrogen-bond acceptors (Lipinski definition) is 2. The van der Waals surface area contributed by atoms with Crippen molar-refractivity contribution in [3.8, 4) is 5.75 Å². The van der Waals surface area contributed by atoms with E-state index in [1.54, 1.807) is 36.4 Å². The number of carbonyl (C=O) groups is 1. The Balaban J connectivity index is 2.16. The van der Waals surface area contributed by atoms with Gasteiger partial charge in [0.05, 0.1) is 0 Å². The van der Waals surface area contributed by atoms with Gasteiger partial charge in [0.1, 0.15) is 6.61 Å². The first-order valence-electron chi connectivity index (χ1n) is 5.43. The predicted octanol–water partition coefficient (Wildman–Crippen LogP) is 2.50. The number of hydrogen-bond donors (Lipinski definition) is 1. The SMILES string of the molecule is NC(=O)c1ccccc1COc1ccccc1F. The second-order valence-corrected chi connectivity index (χ2v) is 3.74. The first-order chi connectivity index (χ1) is 8.68. The summed E-state index contributed by atoms with van der Waals surface area (Å²) >= 11 is 0. The highest BCUT2D eigenvalue weighted by Crippen LogP contribution is 2.18. The summed E-state index contributed by atoms with van der Waals surface area (Å²) in [6.07, 6.45) is 0. The van der Waals surface area contributed by atoms with Gasteiger partial charge in [-0.15, -0.1) is 0 Å². The number of rotatable bonds is 4. The normalized spacial score (nSPS) is 10.1. The average Bonchev–Trinajstić information content (AvgIpc) is 2.38. The van der Waals surface area contributed by atoms with E-state index in [4.69, 9.17) is 10.5 Å². The molecule has 92 valence electrons. The molecule has 0 saturated heterocycles. The third-order valence-electron chi connectivity index (χ3n) is 2.50. The fourth-order valence-corrected chi connectivity index (χ4v) is 1.60. The summed E-state index contributed by atoms with van der Waals surface area (Å²) in [6.45, 7) is 0.0973. The van der Waals surface area contributed by atoms with E-state index in [0.717, 1.165) is 0 Å². The van der Waals surface area contributed by atoms with E-state index < -0.39 is 11.7 Å². The Hall–Kier alpha value is -2.36. The molecule has 0 spiro atoms. The monoisotopic (exact) mass is 245 g/mol. The minimum atomic E-state index is -0.525. The standard InChI is InChI=1S/C14H12FNO2/c15-12-7-3-4-8-13(12)18-9-10-5-1-2-6-11(10)14(16)17/h1-8H,9H2,(H2,16,17). The maximum atomic E-state index is 13.3. The minimum absolute atomic E-state index is 0.0973. The van der Waals surface area contributed by atoms with Gasteiger partial charge in [0, 0.05) is 11.1 Å². The summed E-state index contributed by atoms with van der Waals surface area (Å²) < 4.78 is 18.7. The van der Waals surface area contributed by atoms with Crippen LogP contribution in [0, 0.1) is 5.82 Å². The lowest BCUT2D eigenvalue weighted by molar-refractivity contribution is 0.0998. The first kappa shape index (κ1) is 12.1. The summed E-state index contributed by atoms with van der Waals surface area (Å²) in [5.74, 6) is -0.812. The van der Waals surface area contributed by atoms with Gasteiger partial charge in [0.25, 0.3) is 0 Å². The second-order valence-electron chi connectivity index (χ2n) is 3.74. The number of para-hydroxylation sites is 1. The molecule has 0 atom stereocenters. The molecule has 0 fully saturated rings. The Kier molecular flexibility index (Phi) is 3.57. The Morgan fingerprint density at radius 3 is 2.50 bits per heavy atom. The molecule has 0 saturated carbocycles. The summed E-state index contributed by atoms with van der Waals surface area (Å²) in [7, 11) is 0. The summed E-state index contributed by atoms with van der Waals surface area (Å²) in [5.41, 5.74) is 6.26. The minimum Gasteiger partial charge on any atom is -0.486 e. The van der Waals surface area contributed by atoms with E-state index in [0.29, 0.717) is 11.1 Å². The van der Waals surface area contributed by atoms with Crippen LogP contribution in [-0.4, -0.2) is 5.91 Å². The Morgan fingerprint density at radius 1 is 1.11 bits per heavy atom. The van der Waals surface area contributed by atoms with Gasteiger partial charge in [0.2, 0.25) is 5.91 Å². The van der Waals surface area contributed by atoms with Gasteiger partial charge < -0.3 is 10.5 Å². The zero-order valence-corrected chi connectivity index (χ0v) is 9.60.